The van der Waals surface area contributed by atoms with Crippen LogP contribution in [-0.2, 0) is 13.1 Å². The minimum absolute atomic E-state index is 0.712. The monoisotopic (exact) mass is 365 g/mol. The Balaban J connectivity index is 1.79. The molecule has 0 amide bonds. The molecule has 21 heavy (non-hydrogen) atoms. The zero-order valence-electron chi connectivity index (χ0n) is 12.2. The molecule has 0 aliphatic heterocycles. The van der Waals surface area contributed by atoms with Crippen molar-refractivity contribution in [3.05, 3.63) is 44.7 Å². The maximum absolute atomic E-state index is 4.67. The third kappa shape index (κ3) is 4.05. The van der Waals surface area contributed by atoms with Gasteiger partial charge in [-0.05, 0) is 53.2 Å². The average molecular weight is 366 g/mol. The molecule has 2 heterocycles. The Bertz CT molecular complexity index is 581. The van der Waals surface area contributed by atoms with Crippen molar-refractivity contribution in [2.45, 2.75) is 38.9 Å². The minimum atomic E-state index is 0.712. The number of hydrogen-bond donors (Lipinski definition) is 1. The lowest BCUT2D eigenvalue weighted by atomic mass is 10.2. The van der Waals surface area contributed by atoms with Crippen LogP contribution < -0.4 is 10.2 Å². The van der Waals surface area contributed by atoms with E-state index in [-0.39, 0.29) is 0 Å². The number of hydrogen-bond acceptors (Lipinski definition) is 4. The molecule has 112 valence electrons. The normalized spacial score (nSPS) is 14.4. The summed E-state index contributed by atoms with van der Waals surface area (Å²) in [7, 11) is 0. The van der Waals surface area contributed by atoms with Gasteiger partial charge in [-0.2, -0.15) is 0 Å². The molecule has 0 spiro atoms. The second kappa shape index (κ2) is 6.90. The Labute approximate surface area is 138 Å². The van der Waals surface area contributed by atoms with E-state index in [2.05, 4.69) is 61.6 Å². The fraction of sp³-hybridized carbons (Fsp3) is 0.438. The Morgan fingerprint density at radius 3 is 3.00 bits per heavy atom. The molecule has 0 unspecified atom stereocenters. The Morgan fingerprint density at radius 1 is 1.48 bits per heavy atom. The maximum atomic E-state index is 4.67. The summed E-state index contributed by atoms with van der Waals surface area (Å²) < 4.78 is 1.05. The zero-order chi connectivity index (χ0) is 14.7. The van der Waals surface area contributed by atoms with Gasteiger partial charge in [-0.15, -0.1) is 11.3 Å². The molecule has 5 heteroatoms. The summed E-state index contributed by atoms with van der Waals surface area (Å²) in [5.41, 5.74) is 1.27. The van der Waals surface area contributed by atoms with Gasteiger partial charge >= 0.3 is 0 Å². The van der Waals surface area contributed by atoms with Crippen molar-refractivity contribution in [2.75, 3.05) is 11.4 Å². The summed E-state index contributed by atoms with van der Waals surface area (Å²) >= 11 is 5.35. The number of nitrogens with zero attached hydrogens (tertiary/aromatic N) is 2. The first-order valence-corrected chi connectivity index (χ1v) is 9.08. The molecule has 2 aromatic rings. The van der Waals surface area contributed by atoms with E-state index in [1.54, 1.807) is 11.3 Å². The topological polar surface area (TPSA) is 28.2 Å². The second-order valence-electron chi connectivity index (χ2n) is 5.38. The van der Waals surface area contributed by atoms with E-state index in [1.165, 1.54) is 23.3 Å². The molecule has 0 aromatic carbocycles. The minimum Gasteiger partial charge on any atom is -0.351 e. The van der Waals surface area contributed by atoms with Crippen molar-refractivity contribution < 1.29 is 0 Å². The van der Waals surface area contributed by atoms with E-state index in [4.69, 9.17) is 0 Å². The van der Waals surface area contributed by atoms with Gasteiger partial charge < -0.3 is 10.2 Å². The summed E-state index contributed by atoms with van der Waals surface area (Å²) in [4.78, 5) is 8.40. The van der Waals surface area contributed by atoms with E-state index < -0.39 is 0 Å². The largest absolute Gasteiger partial charge is 0.351 e. The second-order valence-corrected chi connectivity index (χ2v) is 7.33. The van der Waals surface area contributed by atoms with Crippen molar-refractivity contribution in [1.82, 2.24) is 10.3 Å². The lowest BCUT2D eigenvalue weighted by molar-refractivity contribution is 0.679. The molecular weight excluding hydrogens is 346 g/mol. The van der Waals surface area contributed by atoms with Gasteiger partial charge in [0, 0.05) is 40.2 Å². The van der Waals surface area contributed by atoms with Crippen LogP contribution >= 0.6 is 27.3 Å². The van der Waals surface area contributed by atoms with Gasteiger partial charge in [0.1, 0.15) is 5.82 Å². The predicted octanol–water partition coefficient (Wildman–Crippen LogP) is 4.18. The summed E-state index contributed by atoms with van der Waals surface area (Å²) in [6.45, 7) is 4.98. The highest BCUT2D eigenvalue weighted by atomic mass is 79.9. The molecule has 0 bridgehead atoms. The molecule has 1 aliphatic carbocycles. The van der Waals surface area contributed by atoms with Crippen LogP contribution in [0.25, 0.3) is 0 Å². The Kier molecular flexibility index (Phi) is 4.93. The fourth-order valence-electron chi connectivity index (χ4n) is 2.36. The van der Waals surface area contributed by atoms with Gasteiger partial charge in [0.15, 0.2) is 0 Å². The SMILES string of the molecule is CCN(Cc1cccs1)c1ncc(Br)cc1CNC1CC1. The molecule has 3 nitrogen and oxygen atoms in total. The van der Waals surface area contributed by atoms with Gasteiger partial charge in [-0.1, -0.05) is 6.07 Å². The van der Waals surface area contributed by atoms with Crippen LogP contribution in [0, 0.1) is 0 Å². The van der Waals surface area contributed by atoms with Crippen molar-refractivity contribution >= 4 is 33.1 Å². The summed E-state index contributed by atoms with van der Waals surface area (Å²) in [5.74, 6) is 1.10. The first-order chi connectivity index (χ1) is 10.3. The molecule has 2 aromatic heterocycles. The number of rotatable bonds is 7. The number of pyridine rings is 1. The van der Waals surface area contributed by atoms with Crippen LogP contribution in [0.4, 0.5) is 5.82 Å². The Hall–Kier alpha value is -0.910. The maximum Gasteiger partial charge on any atom is 0.133 e. The average Bonchev–Trinajstić information content (AvgIpc) is 3.18. The third-order valence-corrected chi connectivity index (χ3v) is 4.97. The molecule has 1 saturated carbocycles. The summed E-state index contributed by atoms with van der Waals surface area (Å²) in [5, 5.41) is 5.73. The highest BCUT2D eigenvalue weighted by molar-refractivity contribution is 9.10. The number of halogens is 1. The van der Waals surface area contributed by atoms with Gasteiger partial charge in [-0.25, -0.2) is 4.98 Å². The lowest BCUT2D eigenvalue weighted by Crippen LogP contribution is -2.26. The van der Waals surface area contributed by atoms with Crippen LogP contribution in [0.3, 0.4) is 0 Å². The van der Waals surface area contributed by atoms with Crippen molar-refractivity contribution in [3.63, 3.8) is 0 Å². The van der Waals surface area contributed by atoms with Gasteiger partial charge in [-0.3, -0.25) is 0 Å². The molecule has 1 fully saturated rings. The summed E-state index contributed by atoms with van der Waals surface area (Å²) in [6, 6.07) is 7.20. The van der Waals surface area contributed by atoms with Gasteiger partial charge in [0.05, 0.1) is 6.54 Å². The molecule has 1 aliphatic rings. The smallest absolute Gasteiger partial charge is 0.133 e. The van der Waals surface area contributed by atoms with Gasteiger partial charge in [0.2, 0.25) is 0 Å². The molecule has 0 radical (unpaired) electrons. The molecule has 0 saturated heterocycles. The molecule has 0 atom stereocenters. The standard InChI is InChI=1S/C16H20BrN3S/c1-2-20(11-15-4-3-7-21-15)16-12(8-13(17)10-19-16)9-18-14-5-6-14/h3-4,7-8,10,14,18H,2,5-6,9,11H2,1H3. The Morgan fingerprint density at radius 2 is 2.33 bits per heavy atom. The van der Waals surface area contributed by atoms with Crippen molar-refractivity contribution in [2.24, 2.45) is 0 Å². The molecule has 1 N–H and O–H groups in total. The van der Waals surface area contributed by atoms with Crippen LogP contribution in [-0.4, -0.2) is 17.6 Å². The number of thiophene rings is 1. The zero-order valence-corrected chi connectivity index (χ0v) is 14.6. The highest BCUT2D eigenvalue weighted by Crippen LogP contribution is 2.26. The van der Waals surface area contributed by atoms with Crippen LogP contribution in [0.1, 0.15) is 30.2 Å². The van der Waals surface area contributed by atoms with E-state index >= 15 is 0 Å². The van der Waals surface area contributed by atoms with Crippen molar-refractivity contribution in [3.8, 4) is 0 Å². The van der Waals surface area contributed by atoms with E-state index in [0.717, 1.165) is 29.9 Å². The van der Waals surface area contributed by atoms with Crippen LogP contribution in [0.2, 0.25) is 0 Å². The van der Waals surface area contributed by atoms with E-state index in [0.29, 0.717) is 6.04 Å². The fourth-order valence-corrected chi connectivity index (χ4v) is 3.46. The van der Waals surface area contributed by atoms with Crippen LogP contribution in [0.5, 0.6) is 0 Å². The van der Waals surface area contributed by atoms with E-state index in [1.807, 2.05) is 6.20 Å². The highest BCUT2D eigenvalue weighted by Gasteiger charge is 2.21. The van der Waals surface area contributed by atoms with E-state index in [9.17, 15) is 0 Å². The lowest BCUT2D eigenvalue weighted by Gasteiger charge is -2.24. The first-order valence-electron chi connectivity index (χ1n) is 7.41. The van der Waals surface area contributed by atoms with Crippen LogP contribution in [0.15, 0.2) is 34.2 Å². The molecule has 3 rings (SSSR count). The molecular formula is C16H20BrN3S. The van der Waals surface area contributed by atoms with Crippen molar-refractivity contribution in [1.29, 1.82) is 0 Å². The first kappa shape index (κ1) is 15.0. The van der Waals surface area contributed by atoms with Gasteiger partial charge in [0.25, 0.3) is 0 Å². The number of nitrogens with one attached hydrogen (secondary N) is 1. The third-order valence-electron chi connectivity index (χ3n) is 3.68. The summed E-state index contributed by atoms with van der Waals surface area (Å²) in [6.07, 6.45) is 4.51. The number of anilines is 1. The number of aromatic nitrogens is 1. The quantitative estimate of drug-likeness (QED) is 0.797. The predicted molar refractivity (Wildman–Crippen MR) is 92.8 cm³/mol.